The number of aliphatic hydroxyl groups excluding tert-OH is 1. The van der Waals surface area contributed by atoms with E-state index >= 15 is 0 Å². The van der Waals surface area contributed by atoms with Gasteiger partial charge in [-0.2, -0.15) is 0 Å². The summed E-state index contributed by atoms with van der Waals surface area (Å²) in [6, 6.07) is 11.6. The Labute approximate surface area is 119 Å². The van der Waals surface area contributed by atoms with Crippen molar-refractivity contribution in [2.45, 2.75) is 13.0 Å². The van der Waals surface area contributed by atoms with Crippen LogP contribution in [0.25, 0.3) is 0 Å². The fraction of sp³-hybridized carbons (Fsp3) is 0.143. The molecule has 7 heteroatoms. The number of para-hydroxylation sites is 2. The molecule has 0 saturated heterocycles. The van der Waals surface area contributed by atoms with E-state index in [1.165, 1.54) is 12.1 Å². The van der Waals surface area contributed by atoms with Crippen molar-refractivity contribution in [1.82, 2.24) is 0 Å². The molecular formula is C14H12N2O5. The monoisotopic (exact) mass is 288 g/mol. The Hall–Kier alpha value is -2.80. The number of nitro groups is 2. The minimum absolute atomic E-state index is 0.0324. The maximum absolute atomic E-state index is 10.3. The number of rotatable bonds is 3. The highest BCUT2D eigenvalue weighted by molar-refractivity contribution is 5.59. The molecule has 1 N–H and O–H groups in total. The van der Waals surface area contributed by atoms with Crippen molar-refractivity contribution in [1.29, 1.82) is 0 Å². The first kappa shape index (κ1) is 14.6. The van der Waals surface area contributed by atoms with E-state index in [1.807, 2.05) is 6.07 Å². The van der Waals surface area contributed by atoms with Gasteiger partial charge in [0.05, 0.1) is 22.0 Å². The molecule has 2 aromatic rings. The molecule has 0 spiro atoms. The molecule has 2 aliphatic carbocycles. The second-order valence-corrected chi connectivity index (χ2v) is 4.40. The molecule has 0 atom stereocenters. The summed E-state index contributed by atoms with van der Waals surface area (Å²) in [4.78, 5) is 19.7. The van der Waals surface area contributed by atoms with Crippen molar-refractivity contribution < 1.29 is 15.0 Å². The first-order chi connectivity index (χ1) is 10.0. The van der Waals surface area contributed by atoms with Crippen LogP contribution in [0.2, 0.25) is 0 Å². The molecule has 0 aliphatic heterocycles. The van der Waals surface area contributed by atoms with Gasteiger partial charge in [0, 0.05) is 23.6 Å². The van der Waals surface area contributed by atoms with Crippen LogP contribution in [0.1, 0.15) is 16.7 Å². The van der Waals surface area contributed by atoms with Gasteiger partial charge in [-0.25, -0.2) is 0 Å². The number of nitrogens with zero attached hydrogens (tertiary/aromatic N) is 2. The molecule has 0 fully saturated rings. The molecule has 4 rings (SSSR count). The highest BCUT2D eigenvalue weighted by atomic mass is 16.6. The lowest BCUT2D eigenvalue weighted by molar-refractivity contribution is -0.388. The normalized spacial score (nSPS) is 10.9. The first-order valence-corrected chi connectivity index (χ1v) is 6.13. The first-order valence-electron chi connectivity index (χ1n) is 6.13. The van der Waals surface area contributed by atoms with Crippen molar-refractivity contribution in [3.63, 3.8) is 0 Å². The van der Waals surface area contributed by atoms with Crippen LogP contribution >= 0.6 is 0 Å². The zero-order valence-corrected chi connectivity index (χ0v) is 10.9. The number of nitro benzene ring substituents is 2. The minimum Gasteiger partial charge on any atom is -0.391 e. The van der Waals surface area contributed by atoms with Crippen LogP contribution in [0, 0.1) is 20.2 Å². The zero-order valence-electron chi connectivity index (χ0n) is 10.9. The molecular weight excluding hydrogens is 276 g/mol. The Kier molecular flexibility index (Phi) is 4.24. The zero-order chi connectivity index (χ0) is 15.4. The summed E-state index contributed by atoms with van der Waals surface area (Å²) >= 11 is 0. The molecule has 0 radical (unpaired) electrons. The average Bonchev–Trinajstić information content (AvgIpc) is 2.47. The van der Waals surface area contributed by atoms with E-state index in [9.17, 15) is 20.2 Å². The summed E-state index contributed by atoms with van der Waals surface area (Å²) in [5.41, 5.74) is 2.36. The summed E-state index contributed by atoms with van der Waals surface area (Å²) in [5.74, 6) is 0. The SMILES string of the molecule is O=[N+]([O-])c1c2cccc1C2.O=[N+]([O-])c1ccccc1CO. The van der Waals surface area contributed by atoms with Crippen molar-refractivity contribution in [2.24, 2.45) is 0 Å². The van der Waals surface area contributed by atoms with Gasteiger partial charge in [0.25, 0.3) is 11.4 Å². The number of benzene rings is 2. The van der Waals surface area contributed by atoms with Gasteiger partial charge < -0.3 is 5.11 Å². The fourth-order valence-electron chi connectivity index (χ4n) is 2.09. The Morgan fingerprint density at radius 1 is 0.952 bits per heavy atom. The number of aliphatic hydroxyl groups is 1. The molecule has 0 aromatic heterocycles. The predicted octanol–water partition coefficient (Wildman–Crippen LogP) is 2.59. The van der Waals surface area contributed by atoms with Crippen molar-refractivity contribution in [2.75, 3.05) is 0 Å². The smallest absolute Gasteiger partial charge is 0.276 e. The van der Waals surface area contributed by atoms with Crippen LogP contribution in [-0.4, -0.2) is 15.0 Å². The van der Waals surface area contributed by atoms with Gasteiger partial charge in [-0.05, 0) is 6.07 Å². The van der Waals surface area contributed by atoms with Crippen LogP contribution in [0.3, 0.4) is 0 Å². The summed E-state index contributed by atoms with van der Waals surface area (Å²) < 4.78 is 0. The third kappa shape index (κ3) is 3.03. The standard InChI is InChI=1S/C7H7NO3.C7H5NO2/c9-5-6-3-1-2-4-7(6)8(10)11;9-8(10)7-5-2-1-3-6(7)4-5/h1-4,9H,5H2;1-3H,4H2. The molecule has 2 aliphatic rings. The van der Waals surface area contributed by atoms with Gasteiger partial charge in [0.1, 0.15) is 0 Å². The molecule has 0 unspecified atom stereocenters. The summed E-state index contributed by atoms with van der Waals surface area (Å²) in [6.07, 6.45) is 0.785. The molecule has 108 valence electrons. The topological polar surface area (TPSA) is 107 Å². The van der Waals surface area contributed by atoms with Crippen LogP contribution in [0.4, 0.5) is 11.4 Å². The molecule has 2 aromatic carbocycles. The predicted molar refractivity (Wildman–Crippen MR) is 74.9 cm³/mol. The van der Waals surface area contributed by atoms with Gasteiger partial charge >= 0.3 is 0 Å². The number of fused-ring (bicyclic) bond motifs is 2. The second kappa shape index (κ2) is 6.10. The Morgan fingerprint density at radius 2 is 1.57 bits per heavy atom. The molecule has 7 nitrogen and oxygen atoms in total. The molecule has 2 bridgehead atoms. The third-order valence-electron chi connectivity index (χ3n) is 3.13. The maximum atomic E-state index is 10.3. The molecule has 0 saturated carbocycles. The van der Waals surface area contributed by atoms with Crippen molar-refractivity contribution in [3.8, 4) is 0 Å². The van der Waals surface area contributed by atoms with Crippen LogP contribution in [0.15, 0.2) is 42.5 Å². The maximum Gasteiger partial charge on any atom is 0.276 e. The highest BCUT2D eigenvalue weighted by Gasteiger charge is 2.28. The summed E-state index contributed by atoms with van der Waals surface area (Å²) in [6.45, 7) is -0.294. The van der Waals surface area contributed by atoms with Crippen molar-refractivity contribution in [3.05, 3.63) is 79.4 Å². The van der Waals surface area contributed by atoms with E-state index in [1.54, 1.807) is 24.3 Å². The van der Waals surface area contributed by atoms with E-state index < -0.39 is 4.92 Å². The summed E-state index contributed by atoms with van der Waals surface area (Å²) in [7, 11) is 0. The van der Waals surface area contributed by atoms with Crippen LogP contribution < -0.4 is 0 Å². The molecule has 21 heavy (non-hydrogen) atoms. The number of hydrogen-bond donors (Lipinski definition) is 1. The van der Waals surface area contributed by atoms with E-state index in [4.69, 9.17) is 5.11 Å². The summed E-state index contributed by atoms with van der Waals surface area (Å²) in [5, 5.41) is 29.2. The van der Waals surface area contributed by atoms with E-state index in [2.05, 4.69) is 0 Å². The van der Waals surface area contributed by atoms with Gasteiger partial charge in [-0.3, -0.25) is 20.2 Å². The Morgan fingerprint density at radius 3 is 1.95 bits per heavy atom. The lowest BCUT2D eigenvalue weighted by Gasteiger charge is -2.14. The lowest BCUT2D eigenvalue weighted by atomic mass is 9.90. The number of hydrogen-bond acceptors (Lipinski definition) is 5. The fourth-order valence-corrected chi connectivity index (χ4v) is 2.09. The Balaban J connectivity index is 0.000000154. The van der Waals surface area contributed by atoms with Gasteiger partial charge in [0.15, 0.2) is 0 Å². The van der Waals surface area contributed by atoms with E-state index in [0.29, 0.717) is 11.3 Å². The lowest BCUT2D eigenvalue weighted by Crippen LogP contribution is -2.09. The van der Waals surface area contributed by atoms with Gasteiger partial charge in [-0.15, -0.1) is 0 Å². The van der Waals surface area contributed by atoms with Gasteiger partial charge in [0.2, 0.25) is 0 Å². The minimum atomic E-state index is -0.508. The van der Waals surface area contributed by atoms with Gasteiger partial charge in [-0.1, -0.05) is 30.3 Å². The van der Waals surface area contributed by atoms with Crippen molar-refractivity contribution >= 4 is 11.4 Å². The Bertz CT molecular complexity index is 679. The second-order valence-electron chi connectivity index (χ2n) is 4.40. The largest absolute Gasteiger partial charge is 0.391 e. The average molecular weight is 288 g/mol. The quantitative estimate of drug-likeness (QED) is 0.588. The van der Waals surface area contributed by atoms with E-state index in [0.717, 1.165) is 17.5 Å². The molecule has 0 heterocycles. The highest BCUT2D eigenvalue weighted by Crippen LogP contribution is 2.35. The van der Waals surface area contributed by atoms with Crippen LogP contribution in [0.5, 0.6) is 0 Å². The van der Waals surface area contributed by atoms with Crippen LogP contribution in [-0.2, 0) is 13.0 Å². The molecule has 0 amide bonds. The van der Waals surface area contributed by atoms with E-state index in [-0.39, 0.29) is 17.2 Å². The third-order valence-corrected chi connectivity index (χ3v) is 3.13.